The largest absolute Gasteiger partial charge is 0.293 e. The summed E-state index contributed by atoms with van der Waals surface area (Å²) in [5, 5.41) is 14.2. The highest BCUT2D eigenvalue weighted by Gasteiger charge is 2.36. The zero-order valence-corrected chi connectivity index (χ0v) is 18.5. The van der Waals surface area contributed by atoms with Crippen LogP contribution in [-0.2, 0) is 4.79 Å². The second-order valence-electron chi connectivity index (χ2n) is 7.73. The van der Waals surface area contributed by atoms with Crippen LogP contribution in [0.2, 0.25) is 0 Å². The summed E-state index contributed by atoms with van der Waals surface area (Å²) in [6.45, 7) is -0.434. The first-order valence-corrected chi connectivity index (χ1v) is 11.2. The quantitative estimate of drug-likeness (QED) is 0.120. The number of nitro benzene ring substituents is 1. The molecule has 4 aromatic carbocycles. The van der Waals surface area contributed by atoms with Gasteiger partial charge in [0.1, 0.15) is 0 Å². The molecule has 5 rings (SSSR count). The normalized spacial score (nSPS) is 14.9. The Hall–Kier alpha value is -4.30. The van der Waals surface area contributed by atoms with E-state index in [9.17, 15) is 24.5 Å². The number of non-ortho nitro benzene ring substituents is 1. The van der Waals surface area contributed by atoms with Crippen molar-refractivity contribution in [3.05, 3.63) is 105 Å². The first kappa shape index (κ1) is 21.5. The fourth-order valence-electron chi connectivity index (χ4n) is 3.98. The molecule has 0 N–H and O–H groups in total. The predicted octanol–water partition coefficient (Wildman–Crippen LogP) is 5.82. The Balaban J connectivity index is 1.48. The first-order valence-electron chi connectivity index (χ1n) is 10.4. The molecule has 0 saturated carbocycles. The number of ketones is 1. The number of rotatable bonds is 5. The molecule has 2 amide bonds. The number of Topliss-reactive ketones (excluding diaryl/α,β-unsaturated/α-hetero) is 1. The number of nitrogens with zero attached hydrogens (tertiary/aromatic N) is 2. The second-order valence-corrected chi connectivity index (χ2v) is 8.72. The van der Waals surface area contributed by atoms with Crippen LogP contribution in [0.3, 0.4) is 0 Å². The smallest absolute Gasteiger partial charge is 0.292 e. The van der Waals surface area contributed by atoms with E-state index in [1.807, 2.05) is 48.5 Å². The minimum absolute atomic E-state index is 0.145. The van der Waals surface area contributed by atoms with E-state index in [0.29, 0.717) is 0 Å². The zero-order valence-electron chi connectivity index (χ0n) is 17.6. The van der Waals surface area contributed by atoms with Gasteiger partial charge in [-0.1, -0.05) is 48.5 Å². The Bertz CT molecular complexity index is 1490. The molecule has 8 heteroatoms. The van der Waals surface area contributed by atoms with Crippen LogP contribution in [0, 0.1) is 10.1 Å². The molecule has 1 saturated heterocycles. The highest BCUT2D eigenvalue weighted by Crippen LogP contribution is 2.36. The molecule has 1 fully saturated rings. The molecule has 0 spiro atoms. The van der Waals surface area contributed by atoms with Crippen molar-refractivity contribution in [2.45, 2.75) is 0 Å². The maximum Gasteiger partial charge on any atom is 0.293 e. The van der Waals surface area contributed by atoms with Gasteiger partial charge in [0.2, 0.25) is 0 Å². The lowest BCUT2D eigenvalue weighted by Crippen LogP contribution is -2.33. The molecule has 1 aliphatic heterocycles. The molecule has 34 heavy (non-hydrogen) atoms. The second kappa shape index (κ2) is 8.57. The van der Waals surface area contributed by atoms with Crippen molar-refractivity contribution >= 4 is 62.0 Å². The lowest BCUT2D eigenvalue weighted by atomic mass is 9.96. The first-order chi connectivity index (χ1) is 16.4. The van der Waals surface area contributed by atoms with E-state index in [2.05, 4.69) is 6.07 Å². The van der Waals surface area contributed by atoms with Gasteiger partial charge in [-0.3, -0.25) is 29.4 Å². The number of thioether (sulfide) groups is 1. The van der Waals surface area contributed by atoms with Gasteiger partial charge in [-0.05, 0) is 63.1 Å². The molecule has 0 bridgehead atoms. The number of carbonyl (C=O) groups excluding carboxylic acids is 3. The molecule has 0 atom stereocenters. The third kappa shape index (κ3) is 3.84. The van der Waals surface area contributed by atoms with Gasteiger partial charge in [-0.2, -0.15) is 0 Å². The van der Waals surface area contributed by atoms with Gasteiger partial charge in [0.15, 0.2) is 5.78 Å². The zero-order chi connectivity index (χ0) is 23.8. The lowest BCUT2D eigenvalue weighted by molar-refractivity contribution is -0.384. The standard InChI is InChI=1S/C26H16N2O5S/c29-23(16-9-11-19(12-10-16)28(32)33)15-27-25(30)24(34-26(27)31)14-22-20-7-3-1-5-17(20)13-18-6-2-4-8-21(18)22/h1-14H,15H2/b24-14-. The third-order valence-corrected chi connectivity index (χ3v) is 6.57. The molecular formula is C26H16N2O5S. The Morgan fingerprint density at radius 2 is 1.50 bits per heavy atom. The Morgan fingerprint density at radius 3 is 2.09 bits per heavy atom. The summed E-state index contributed by atoms with van der Waals surface area (Å²) in [7, 11) is 0. The summed E-state index contributed by atoms with van der Waals surface area (Å²) in [5.41, 5.74) is 0.877. The van der Waals surface area contributed by atoms with Gasteiger partial charge in [-0.15, -0.1) is 0 Å². The summed E-state index contributed by atoms with van der Waals surface area (Å²) in [5.74, 6) is -1.02. The molecule has 7 nitrogen and oxygen atoms in total. The third-order valence-electron chi connectivity index (χ3n) is 5.66. The van der Waals surface area contributed by atoms with E-state index in [4.69, 9.17) is 0 Å². The fraction of sp³-hybridized carbons (Fsp3) is 0.0385. The maximum atomic E-state index is 13.1. The van der Waals surface area contributed by atoms with Gasteiger partial charge in [0.05, 0.1) is 16.4 Å². The van der Waals surface area contributed by atoms with E-state index >= 15 is 0 Å². The number of benzene rings is 4. The monoisotopic (exact) mass is 468 g/mol. The van der Waals surface area contributed by atoms with Crippen molar-refractivity contribution in [2.24, 2.45) is 0 Å². The van der Waals surface area contributed by atoms with Crippen LogP contribution in [-0.4, -0.2) is 33.3 Å². The van der Waals surface area contributed by atoms with Crippen LogP contribution in [0.1, 0.15) is 15.9 Å². The van der Waals surface area contributed by atoms with Gasteiger partial charge >= 0.3 is 0 Å². The maximum absolute atomic E-state index is 13.1. The summed E-state index contributed by atoms with van der Waals surface area (Å²) in [4.78, 5) is 49.7. The van der Waals surface area contributed by atoms with E-state index in [1.165, 1.54) is 24.3 Å². The summed E-state index contributed by atoms with van der Waals surface area (Å²) < 4.78 is 0. The van der Waals surface area contributed by atoms with Crippen LogP contribution in [0.15, 0.2) is 83.8 Å². The van der Waals surface area contributed by atoms with Crippen molar-refractivity contribution < 1.29 is 19.3 Å². The Labute approximate surface area is 197 Å². The molecule has 4 aromatic rings. The SMILES string of the molecule is O=C(CN1C(=O)S/C(=C\c2c3ccccc3cc3ccccc23)C1=O)c1ccc([N+](=O)[O-])cc1. The number of hydrogen-bond donors (Lipinski definition) is 0. The van der Waals surface area contributed by atoms with E-state index in [0.717, 1.165) is 43.8 Å². The highest BCUT2D eigenvalue weighted by atomic mass is 32.2. The van der Waals surface area contributed by atoms with Gasteiger partial charge < -0.3 is 0 Å². The molecule has 0 unspecified atom stereocenters. The topological polar surface area (TPSA) is 97.6 Å². The van der Waals surface area contributed by atoms with E-state index < -0.39 is 28.4 Å². The van der Waals surface area contributed by atoms with Crippen molar-refractivity contribution in [1.82, 2.24) is 4.90 Å². The average Bonchev–Trinajstić information content (AvgIpc) is 3.11. The highest BCUT2D eigenvalue weighted by molar-refractivity contribution is 8.18. The van der Waals surface area contributed by atoms with Crippen molar-refractivity contribution in [3.63, 3.8) is 0 Å². The van der Waals surface area contributed by atoms with E-state index in [-0.39, 0.29) is 16.2 Å². The van der Waals surface area contributed by atoms with Crippen LogP contribution in [0.4, 0.5) is 10.5 Å². The number of carbonyl (C=O) groups is 3. The molecule has 0 aliphatic carbocycles. The molecule has 1 aliphatic rings. The summed E-state index contributed by atoms with van der Waals surface area (Å²) >= 11 is 0.794. The van der Waals surface area contributed by atoms with Crippen LogP contribution in [0.5, 0.6) is 0 Å². The van der Waals surface area contributed by atoms with Crippen LogP contribution < -0.4 is 0 Å². The number of imide groups is 1. The minimum atomic E-state index is -0.563. The van der Waals surface area contributed by atoms with Crippen molar-refractivity contribution in [3.8, 4) is 0 Å². The van der Waals surface area contributed by atoms with Crippen molar-refractivity contribution in [2.75, 3.05) is 6.54 Å². The Kier molecular flexibility index (Phi) is 5.43. The lowest BCUT2D eigenvalue weighted by Gasteiger charge is -2.11. The average molecular weight is 468 g/mol. The molecule has 0 aromatic heterocycles. The van der Waals surface area contributed by atoms with Crippen molar-refractivity contribution in [1.29, 1.82) is 0 Å². The number of fused-ring (bicyclic) bond motifs is 2. The number of nitro groups is 1. The van der Waals surface area contributed by atoms with Gasteiger partial charge in [0, 0.05) is 17.7 Å². The summed E-state index contributed by atoms with van der Waals surface area (Å²) in [6.07, 6.45) is 1.71. The fourth-order valence-corrected chi connectivity index (χ4v) is 4.80. The summed E-state index contributed by atoms with van der Waals surface area (Å²) in [6, 6.07) is 22.8. The van der Waals surface area contributed by atoms with Gasteiger partial charge in [-0.25, -0.2) is 0 Å². The Morgan fingerprint density at radius 1 is 0.912 bits per heavy atom. The predicted molar refractivity (Wildman–Crippen MR) is 132 cm³/mol. The number of amides is 2. The minimum Gasteiger partial charge on any atom is -0.292 e. The molecule has 1 heterocycles. The molecule has 166 valence electrons. The molecular weight excluding hydrogens is 452 g/mol. The van der Waals surface area contributed by atoms with Crippen LogP contribution in [0.25, 0.3) is 27.6 Å². The van der Waals surface area contributed by atoms with E-state index in [1.54, 1.807) is 6.08 Å². The van der Waals surface area contributed by atoms with Gasteiger partial charge in [0.25, 0.3) is 16.8 Å². The molecule has 0 radical (unpaired) electrons. The number of hydrogen-bond acceptors (Lipinski definition) is 6. The van der Waals surface area contributed by atoms with Crippen LogP contribution >= 0.6 is 11.8 Å².